The molecule has 1 atom stereocenters. The van der Waals surface area contributed by atoms with Crippen LogP contribution in [0.4, 0.5) is 0 Å². The first-order valence-corrected chi connectivity index (χ1v) is 4.07. The molecule has 1 saturated heterocycles. The molecule has 6 heteroatoms. The lowest BCUT2D eigenvalue weighted by molar-refractivity contribution is -0.142. The van der Waals surface area contributed by atoms with Crippen molar-refractivity contribution in [2.45, 2.75) is 12.5 Å². The summed E-state index contributed by atoms with van der Waals surface area (Å²) in [6, 6.07) is -0.303. The Labute approximate surface area is 74.7 Å². The summed E-state index contributed by atoms with van der Waals surface area (Å²) in [5, 5.41) is 3.46. The number of likely N-dealkylation sites (tertiary alicyclic amines) is 1. The molecule has 1 amide bonds. The van der Waals surface area contributed by atoms with Crippen molar-refractivity contribution in [3.63, 3.8) is 0 Å². The van der Waals surface area contributed by atoms with Gasteiger partial charge in [0.15, 0.2) is 6.33 Å². The van der Waals surface area contributed by atoms with Gasteiger partial charge in [-0.15, -0.1) is 0 Å². The minimum absolute atomic E-state index is 0.000449. The number of amides is 1. The number of rotatable bonds is 3. The van der Waals surface area contributed by atoms with Crippen molar-refractivity contribution in [2.24, 2.45) is 5.73 Å². The zero-order valence-electron chi connectivity index (χ0n) is 7.01. The average molecular weight is 182 g/mol. The normalized spacial score (nSPS) is 21.8. The summed E-state index contributed by atoms with van der Waals surface area (Å²) in [4.78, 5) is 16.6. The number of nitrogens with zero attached hydrogens (tertiary/aromatic N) is 3. The number of hydrogen-bond donors (Lipinski definition) is 1. The maximum Gasteiger partial charge on any atom is 0.241 e. The van der Waals surface area contributed by atoms with Gasteiger partial charge < -0.3 is 15.2 Å². The van der Waals surface area contributed by atoms with Crippen LogP contribution in [0.25, 0.3) is 0 Å². The van der Waals surface area contributed by atoms with Crippen molar-refractivity contribution in [3.05, 3.63) is 12.2 Å². The molecule has 2 N–H and O–H groups in total. The average Bonchev–Trinajstić information content (AvgIpc) is 2.64. The molecule has 0 radical (unpaired) electrons. The van der Waals surface area contributed by atoms with Crippen molar-refractivity contribution < 1.29 is 9.32 Å². The molecule has 0 aliphatic carbocycles. The third-order valence-corrected chi connectivity index (χ3v) is 2.05. The Balaban J connectivity index is 1.78. The number of aromatic nitrogens is 2. The standard InChI is InChI=1S/C7H10N4O2/c8-5-3-11(7(5)12)2-1-6-9-4-10-13-6/h4-5H,1-3,8H2. The van der Waals surface area contributed by atoms with E-state index in [9.17, 15) is 4.79 Å². The third-order valence-electron chi connectivity index (χ3n) is 2.05. The van der Waals surface area contributed by atoms with Crippen LogP contribution < -0.4 is 5.73 Å². The number of hydrogen-bond acceptors (Lipinski definition) is 5. The fourth-order valence-corrected chi connectivity index (χ4v) is 1.27. The van der Waals surface area contributed by atoms with Crippen molar-refractivity contribution in [1.29, 1.82) is 0 Å². The van der Waals surface area contributed by atoms with E-state index < -0.39 is 0 Å². The Morgan fingerprint density at radius 2 is 2.62 bits per heavy atom. The van der Waals surface area contributed by atoms with Crippen LogP contribution >= 0.6 is 0 Å². The van der Waals surface area contributed by atoms with E-state index in [-0.39, 0.29) is 11.9 Å². The number of carbonyl (C=O) groups excluding carboxylic acids is 1. The van der Waals surface area contributed by atoms with Crippen molar-refractivity contribution in [1.82, 2.24) is 15.0 Å². The fourth-order valence-electron chi connectivity index (χ4n) is 1.27. The number of nitrogens with two attached hydrogens (primary N) is 1. The van der Waals surface area contributed by atoms with Crippen LogP contribution in [-0.2, 0) is 11.2 Å². The molecule has 70 valence electrons. The maximum absolute atomic E-state index is 11.1. The maximum atomic E-state index is 11.1. The summed E-state index contributed by atoms with van der Waals surface area (Å²) in [5.41, 5.74) is 5.42. The van der Waals surface area contributed by atoms with E-state index in [0.29, 0.717) is 25.4 Å². The Hall–Kier alpha value is -1.43. The van der Waals surface area contributed by atoms with Crippen molar-refractivity contribution in [2.75, 3.05) is 13.1 Å². The van der Waals surface area contributed by atoms with Crippen LogP contribution in [0.3, 0.4) is 0 Å². The van der Waals surface area contributed by atoms with Gasteiger partial charge in [-0.2, -0.15) is 4.98 Å². The van der Waals surface area contributed by atoms with E-state index in [1.54, 1.807) is 4.90 Å². The highest BCUT2D eigenvalue weighted by atomic mass is 16.5. The van der Waals surface area contributed by atoms with Crippen LogP contribution in [0.2, 0.25) is 0 Å². The molecule has 1 aromatic rings. The summed E-state index contributed by atoms with van der Waals surface area (Å²) in [7, 11) is 0. The third kappa shape index (κ3) is 1.52. The molecule has 1 unspecified atom stereocenters. The highest BCUT2D eigenvalue weighted by molar-refractivity contribution is 5.87. The van der Waals surface area contributed by atoms with Gasteiger partial charge in [0, 0.05) is 19.5 Å². The van der Waals surface area contributed by atoms with Gasteiger partial charge >= 0.3 is 0 Å². The van der Waals surface area contributed by atoms with Gasteiger partial charge in [-0.1, -0.05) is 5.16 Å². The lowest BCUT2D eigenvalue weighted by atomic mass is 10.1. The van der Waals surface area contributed by atoms with Crippen LogP contribution in [0.5, 0.6) is 0 Å². The fraction of sp³-hybridized carbons (Fsp3) is 0.571. The quantitative estimate of drug-likeness (QED) is 0.592. The summed E-state index contributed by atoms with van der Waals surface area (Å²) >= 11 is 0. The molecular weight excluding hydrogens is 172 g/mol. The molecule has 0 saturated carbocycles. The molecule has 1 fully saturated rings. The Kier molecular flexibility index (Phi) is 1.97. The zero-order valence-corrected chi connectivity index (χ0v) is 7.01. The van der Waals surface area contributed by atoms with Crippen LogP contribution in [0, 0.1) is 0 Å². The van der Waals surface area contributed by atoms with Crippen LogP contribution in [0.1, 0.15) is 5.89 Å². The highest BCUT2D eigenvalue weighted by Gasteiger charge is 2.32. The zero-order chi connectivity index (χ0) is 9.26. The monoisotopic (exact) mass is 182 g/mol. The summed E-state index contributed by atoms with van der Waals surface area (Å²) in [5.74, 6) is 0.549. The SMILES string of the molecule is NC1CN(CCc2ncno2)C1=O. The van der Waals surface area contributed by atoms with E-state index in [2.05, 4.69) is 10.1 Å². The number of carbonyl (C=O) groups is 1. The first-order chi connectivity index (χ1) is 6.27. The predicted octanol–water partition coefficient (Wildman–Crippen LogP) is -1.22. The van der Waals surface area contributed by atoms with Gasteiger partial charge in [0.1, 0.15) is 6.04 Å². The smallest absolute Gasteiger partial charge is 0.241 e. The summed E-state index contributed by atoms with van der Waals surface area (Å²) in [6.07, 6.45) is 1.94. The molecule has 1 aliphatic rings. The topological polar surface area (TPSA) is 85.2 Å². The largest absolute Gasteiger partial charge is 0.340 e. The van der Waals surface area contributed by atoms with E-state index in [1.165, 1.54) is 6.33 Å². The Morgan fingerprint density at radius 3 is 3.15 bits per heavy atom. The molecule has 0 bridgehead atoms. The van der Waals surface area contributed by atoms with E-state index in [0.717, 1.165) is 0 Å². The van der Waals surface area contributed by atoms with Crippen molar-refractivity contribution in [3.8, 4) is 0 Å². The lowest BCUT2D eigenvalue weighted by Crippen LogP contribution is -2.61. The van der Waals surface area contributed by atoms with E-state index in [4.69, 9.17) is 10.3 Å². The molecule has 1 aliphatic heterocycles. The van der Waals surface area contributed by atoms with Gasteiger partial charge in [-0.3, -0.25) is 4.79 Å². The van der Waals surface area contributed by atoms with Gasteiger partial charge in [0.2, 0.25) is 11.8 Å². The molecule has 0 aromatic carbocycles. The van der Waals surface area contributed by atoms with E-state index in [1.807, 2.05) is 0 Å². The Bertz CT molecular complexity index is 297. The second-order valence-corrected chi connectivity index (χ2v) is 2.98. The summed E-state index contributed by atoms with van der Waals surface area (Å²) in [6.45, 7) is 1.24. The van der Waals surface area contributed by atoms with Gasteiger partial charge in [-0.05, 0) is 0 Å². The molecule has 2 heterocycles. The minimum Gasteiger partial charge on any atom is -0.340 e. The van der Waals surface area contributed by atoms with Gasteiger partial charge in [-0.25, -0.2) is 0 Å². The first kappa shape index (κ1) is 8.18. The lowest BCUT2D eigenvalue weighted by Gasteiger charge is -2.35. The minimum atomic E-state index is -0.303. The molecule has 0 spiro atoms. The van der Waals surface area contributed by atoms with Crippen LogP contribution in [-0.4, -0.2) is 40.1 Å². The highest BCUT2D eigenvalue weighted by Crippen LogP contribution is 2.08. The molecule has 13 heavy (non-hydrogen) atoms. The van der Waals surface area contributed by atoms with E-state index >= 15 is 0 Å². The van der Waals surface area contributed by atoms with Crippen LogP contribution in [0.15, 0.2) is 10.9 Å². The predicted molar refractivity (Wildman–Crippen MR) is 42.6 cm³/mol. The second kappa shape index (κ2) is 3.14. The summed E-state index contributed by atoms with van der Waals surface area (Å²) < 4.78 is 4.78. The molecular formula is C7H10N4O2. The second-order valence-electron chi connectivity index (χ2n) is 2.98. The molecule has 2 rings (SSSR count). The van der Waals surface area contributed by atoms with Gasteiger partial charge in [0.05, 0.1) is 0 Å². The number of β-lactam (4-membered cyclic amide) rings is 1. The molecule has 1 aromatic heterocycles. The first-order valence-electron chi connectivity index (χ1n) is 4.07. The van der Waals surface area contributed by atoms with Gasteiger partial charge in [0.25, 0.3) is 0 Å². The molecule has 6 nitrogen and oxygen atoms in total. The Morgan fingerprint density at radius 1 is 1.77 bits per heavy atom. The van der Waals surface area contributed by atoms with Crippen molar-refractivity contribution >= 4 is 5.91 Å².